The number of carbonyl (C=O) groups excluding carboxylic acids is 1. The Morgan fingerprint density at radius 2 is 2.20 bits per heavy atom. The van der Waals surface area contributed by atoms with Crippen molar-refractivity contribution in [2.45, 2.75) is 31.5 Å². The van der Waals surface area contributed by atoms with Gasteiger partial charge < -0.3 is 20.1 Å². The van der Waals surface area contributed by atoms with Crippen LogP contribution in [0.15, 0.2) is 24.3 Å². The van der Waals surface area contributed by atoms with Crippen LogP contribution in [-0.4, -0.2) is 48.8 Å². The van der Waals surface area contributed by atoms with Crippen molar-refractivity contribution >= 4 is 5.91 Å². The van der Waals surface area contributed by atoms with Crippen LogP contribution in [-0.2, 0) is 4.79 Å². The molecule has 5 nitrogen and oxygen atoms in total. The fraction of sp³-hybridized carbons (Fsp3) is 0.533. The summed E-state index contributed by atoms with van der Waals surface area (Å²) < 4.78 is 5.35. The first kappa shape index (κ1) is 14.8. The molecule has 110 valence electrons. The van der Waals surface area contributed by atoms with Crippen LogP contribution in [0.3, 0.4) is 0 Å². The predicted octanol–water partition coefficient (Wildman–Crippen LogP) is 0.937. The van der Waals surface area contributed by atoms with Gasteiger partial charge in [-0.05, 0) is 19.4 Å². The van der Waals surface area contributed by atoms with Gasteiger partial charge in [0, 0.05) is 19.2 Å². The Morgan fingerprint density at radius 3 is 2.80 bits per heavy atom. The minimum atomic E-state index is -0.432. The summed E-state index contributed by atoms with van der Waals surface area (Å²) in [5.41, 5.74) is 0.976. The highest BCUT2D eigenvalue weighted by Gasteiger charge is 2.32. The molecule has 0 bridgehead atoms. The second kappa shape index (κ2) is 6.24. The monoisotopic (exact) mass is 278 g/mol. The van der Waals surface area contributed by atoms with Crippen LogP contribution < -0.4 is 10.1 Å². The number of hydrogen-bond acceptors (Lipinski definition) is 4. The SMILES string of the molecule is COc1ccccc1C(C)N(C)C(=O)C1CC(O)CN1. The van der Waals surface area contributed by atoms with Crippen LogP contribution in [0.2, 0.25) is 0 Å². The number of carbonyl (C=O) groups is 1. The number of nitrogens with zero attached hydrogens (tertiary/aromatic N) is 1. The van der Waals surface area contributed by atoms with Gasteiger partial charge in [-0.3, -0.25) is 4.79 Å². The molecule has 2 N–H and O–H groups in total. The molecule has 1 aliphatic heterocycles. The number of hydrogen-bond donors (Lipinski definition) is 2. The summed E-state index contributed by atoms with van der Waals surface area (Å²) in [4.78, 5) is 14.1. The van der Waals surface area contributed by atoms with Gasteiger partial charge in [-0.1, -0.05) is 18.2 Å². The molecule has 3 atom stereocenters. The van der Waals surface area contributed by atoms with Gasteiger partial charge in [0.25, 0.3) is 0 Å². The van der Waals surface area contributed by atoms with Crippen molar-refractivity contribution in [3.05, 3.63) is 29.8 Å². The van der Waals surface area contributed by atoms with E-state index in [4.69, 9.17) is 4.74 Å². The molecule has 0 aromatic heterocycles. The number of β-amino-alcohol motifs (C(OH)–C–C–N with tert-alkyl or cyclic N) is 1. The zero-order valence-corrected chi connectivity index (χ0v) is 12.2. The van der Waals surface area contributed by atoms with Gasteiger partial charge in [0.15, 0.2) is 0 Å². The molecule has 1 aromatic rings. The molecular formula is C15H22N2O3. The zero-order chi connectivity index (χ0) is 14.7. The lowest BCUT2D eigenvalue weighted by Gasteiger charge is -2.28. The van der Waals surface area contributed by atoms with Crippen LogP contribution in [0, 0.1) is 0 Å². The largest absolute Gasteiger partial charge is 0.496 e. The normalized spacial score (nSPS) is 23.4. The number of likely N-dealkylation sites (N-methyl/N-ethyl adjacent to an activating group) is 1. The highest BCUT2D eigenvalue weighted by atomic mass is 16.5. The Hall–Kier alpha value is -1.59. The minimum absolute atomic E-state index is 0.0000406. The summed E-state index contributed by atoms with van der Waals surface area (Å²) in [6, 6.07) is 7.31. The molecule has 3 unspecified atom stereocenters. The molecule has 0 aliphatic carbocycles. The quantitative estimate of drug-likeness (QED) is 0.860. The molecule has 1 saturated heterocycles. The standard InChI is InChI=1S/C15H22N2O3/c1-10(12-6-4-5-7-14(12)20-3)17(2)15(19)13-8-11(18)9-16-13/h4-7,10-11,13,16,18H,8-9H2,1-3H3. The molecule has 5 heteroatoms. The molecule has 20 heavy (non-hydrogen) atoms. The Labute approximate surface area is 119 Å². The van der Waals surface area contributed by atoms with E-state index in [1.165, 1.54) is 0 Å². The van der Waals surface area contributed by atoms with E-state index in [2.05, 4.69) is 5.32 Å². The van der Waals surface area contributed by atoms with Gasteiger partial charge in [0.05, 0.1) is 25.3 Å². The molecule has 0 spiro atoms. The zero-order valence-electron chi connectivity index (χ0n) is 12.2. The lowest BCUT2D eigenvalue weighted by molar-refractivity contribution is -0.133. The van der Waals surface area contributed by atoms with E-state index >= 15 is 0 Å². The third-order valence-corrected chi connectivity index (χ3v) is 3.92. The summed E-state index contributed by atoms with van der Waals surface area (Å²) in [6.45, 7) is 2.45. The molecule has 0 radical (unpaired) electrons. The molecular weight excluding hydrogens is 256 g/mol. The Morgan fingerprint density at radius 1 is 1.50 bits per heavy atom. The van der Waals surface area contributed by atoms with E-state index in [9.17, 15) is 9.90 Å². The van der Waals surface area contributed by atoms with Crippen molar-refractivity contribution in [1.82, 2.24) is 10.2 Å². The lowest BCUT2D eigenvalue weighted by Crippen LogP contribution is -2.42. The summed E-state index contributed by atoms with van der Waals surface area (Å²) in [6.07, 6.45) is 0.0425. The molecule has 1 aromatic carbocycles. The number of aliphatic hydroxyl groups excluding tert-OH is 1. The number of methoxy groups -OCH3 is 1. The highest BCUT2D eigenvalue weighted by molar-refractivity contribution is 5.82. The van der Waals surface area contributed by atoms with Gasteiger partial charge in [-0.2, -0.15) is 0 Å². The third kappa shape index (κ3) is 2.94. The van der Waals surface area contributed by atoms with Crippen LogP contribution in [0.25, 0.3) is 0 Å². The molecule has 0 saturated carbocycles. The number of ether oxygens (including phenoxy) is 1. The van der Waals surface area contributed by atoms with E-state index in [0.717, 1.165) is 11.3 Å². The number of para-hydroxylation sites is 1. The van der Waals surface area contributed by atoms with Crippen molar-refractivity contribution in [3.63, 3.8) is 0 Å². The van der Waals surface area contributed by atoms with Crippen LogP contribution in [0.4, 0.5) is 0 Å². The van der Waals surface area contributed by atoms with Crippen molar-refractivity contribution in [1.29, 1.82) is 0 Å². The van der Waals surface area contributed by atoms with E-state index in [1.54, 1.807) is 19.1 Å². The first-order chi connectivity index (χ1) is 9.54. The molecule has 1 aliphatic rings. The van der Waals surface area contributed by atoms with Crippen LogP contribution >= 0.6 is 0 Å². The van der Waals surface area contributed by atoms with E-state index in [0.29, 0.717) is 13.0 Å². The van der Waals surface area contributed by atoms with E-state index in [1.807, 2.05) is 31.2 Å². The number of amides is 1. The average molecular weight is 278 g/mol. The predicted molar refractivity (Wildman–Crippen MR) is 76.6 cm³/mol. The fourth-order valence-corrected chi connectivity index (χ4v) is 2.56. The number of rotatable bonds is 4. The Kier molecular flexibility index (Phi) is 4.62. The summed E-state index contributed by atoms with van der Waals surface area (Å²) in [5, 5.41) is 12.6. The maximum atomic E-state index is 12.4. The first-order valence-corrected chi connectivity index (χ1v) is 6.85. The van der Waals surface area contributed by atoms with Gasteiger partial charge >= 0.3 is 0 Å². The summed E-state index contributed by atoms with van der Waals surface area (Å²) in [7, 11) is 3.41. The molecule has 1 amide bonds. The Balaban J connectivity index is 2.11. The molecule has 2 rings (SSSR count). The minimum Gasteiger partial charge on any atom is -0.496 e. The van der Waals surface area contributed by atoms with Gasteiger partial charge in [0.2, 0.25) is 5.91 Å². The summed E-state index contributed by atoms with van der Waals surface area (Å²) in [5.74, 6) is 0.777. The third-order valence-electron chi connectivity index (χ3n) is 3.92. The van der Waals surface area contributed by atoms with E-state index in [-0.39, 0.29) is 18.0 Å². The summed E-state index contributed by atoms with van der Waals surface area (Å²) >= 11 is 0. The van der Waals surface area contributed by atoms with Crippen LogP contribution in [0.5, 0.6) is 5.75 Å². The fourth-order valence-electron chi connectivity index (χ4n) is 2.56. The highest BCUT2D eigenvalue weighted by Crippen LogP contribution is 2.28. The van der Waals surface area contributed by atoms with Crippen molar-refractivity contribution in [3.8, 4) is 5.75 Å². The van der Waals surface area contributed by atoms with Crippen molar-refractivity contribution < 1.29 is 14.6 Å². The lowest BCUT2D eigenvalue weighted by atomic mass is 10.0. The maximum Gasteiger partial charge on any atom is 0.240 e. The maximum absolute atomic E-state index is 12.4. The van der Waals surface area contributed by atoms with Gasteiger partial charge in [-0.15, -0.1) is 0 Å². The van der Waals surface area contributed by atoms with E-state index < -0.39 is 6.10 Å². The van der Waals surface area contributed by atoms with Crippen molar-refractivity contribution in [2.75, 3.05) is 20.7 Å². The second-order valence-corrected chi connectivity index (χ2v) is 5.22. The molecule has 1 fully saturated rings. The second-order valence-electron chi connectivity index (χ2n) is 5.22. The first-order valence-electron chi connectivity index (χ1n) is 6.85. The number of aliphatic hydroxyl groups is 1. The van der Waals surface area contributed by atoms with Gasteiger partial charge in [-0.25, -0.2) is 0 Å². The average Bonchev–Trinajstić information content (AvgIpc) is 2.91. The smallest absolute Gasteiger partial charge is 0.240 e. The van der Waals surface area contributed by atoms with Gasteiger partial charge in [0.1, 0.15) is 5.75 Å². The molecule has 1 heterocycles. The number of nitrogens with one attached hydrogen (secondary N) is 1. The number of benzene rings is 1. The Bertz CT molecular complexity index is 478. The van der Waals surface area contributed by atoms with Crippen molar-refractivity contribution in [2.24, 2.45) is 0 Å². The van der Waals surface area contributed by atoms with Crippen LogP contribution in [0.1, 0.15) is 24.9 Å². The topological polar surface area (TPSA) is 61.8 Å².